The van der Waals surface area contributed by atoms with Crippen LogP contribution in [0.25, 0.3) is 0 Å². The third kappa shape index (κ3) is 5.32. The number of benzene rings is 1. The van der Waals surface area contributed by atoms with E-state index in [1.54, 1.807) is 4.90 Å². The van der Waals surface area contributed by atoms with Gasteiger partial charge in [-0.3, -0.25) is 0 Å². The van der Waals surface area contributed by atoms with Crippen LogP contribution < -0.4 is 9.47 Å². The second-order valence-corrected chi connectivity index (χ2v) is 5.56. The number of carbonyl (C=O) groups excluding carboxylic acids is 1. The summed E-state index contributed by atoms with van der Waals surface area (Å²) in [5.41, 5.74) is 0. The molecule has 1 saturated heterocycles. The van der Waals surface area contributed by atoms with Crippen LogP contribution in [0.15, 0.2) is 24.3 Å². The van der Waals surface area contributed by atoms with Crippen molar-refractivity contribution in [2.75, 3.05) is 32.9 Å². The molecule has 6 nitrogen and oxygen atoms in total. The number of amides is 1. The van der Waals surface area contributed by atoms with Crippen molar-refractivity contribution in [2.24, 2.45) is 0 Å². The predicted octanol–water partition coefficient (Wildman–Crippen LogP) is 2.71. The SMILES string of the molecule is CCOc1ccccc1OCC1CN(C(=O)OC(C)C)CCO1. The zero-order chi connectivity index (χ0) is 16.7. The van der Waals surface area contributed by atoms with Crippen molar-refractivity contribution in [1.29, 1.82) is 0 Å². The maximum Gasteiger partial charge on any atom is 0.410 e. The van der Waals surface area contributed by atoms with Crippen LogP contribution in [0.5, 0.6) is 11.5 Å². The molecular weight excluding hydrogens is 298 g/mol. The highest BCUT2D eigenvalue weighted by Crippen LogP contribution is 2.26. The molecule has 1 fully saturated rings. The van der Waals surface area contributed by atoms with Gasteiger partial charge in [0.15, 0.2) is 11.5 Å². The van der Waals surface area contributed by atoms with Crippen LogP contribution in [-0.2, 0) is 9.47 Å². The number of ether oxygens (including phenoxy) is 4. The van der Waals surface area contributed by atoms with Crippen LogP contribution in [0.2, 0.25) is 0 Å². The monoisotopic (exact) mass is 323 g/mol. The molecule has 1 aromatic carbocycles. The van der Waals surface area contributed by atoms with Crippen molar-refractivity contribution in [3.63, 3.8) is 0 Å². The fourth-order valence-corrected chi connectivity index (χ4v) is 2.29. The summed E-state index contributed by atoms with van der Waals surface area (Å²) in [5, 5.41) is 0. The maximum atomic E-state index is 12.0. The lowest BCUT2D eigenvalue weighted by Gasteiger charge is -2.32. The zero-order valence-electron chi connectivity index (χ0n) is 14.0. The molecule has 23 heavy (non-hydrogen) atoms. The molecular formula is C17H25NO5. The van der Waals surface area contributed by atoms with Crippen LogP contribution >= 0.6 is 0 Å². The van der Waals surface area contributed by atoms with Gasteiger partial charge in [-0.1, -0.05) is 12.1 Å². The van der Waals surface area contributed by atoms with Crippen LogP contribution in [0.1, 0.15) is 20.8 Å². The standard InChI is InChI=1S/C17H25NO5/c1-4-20-15-7-5-6-8-16(15)22-12-14-11-18(9-10-21-14)17(19)23-13(2)3/h5-8,13-14H,4,9-12H2,1-3H3. The molecule has 1 atom stereocenters. The highest BCUT2D eigenvalue weighted by atomic mass is 16.6. The Hall–Kier alpha value is -1.95. The molecule has 128 valence electrons. The predicted molar refractivity (Wildman–Crippen MR) is 86.0 cm³/mol. The lowest BCUT2D eigenvalue weighted by atomic mass is 10.3. The Morgan fingerprint density at radius 2 is 2.00 bits per heavy atom. The molecule has 0 aliphatic carbocycles. The van der Waals surface area contributed by atoms with E-state index in [2.05, 4.69) is 0 Å². The molecule has 0 N–H and O–H groups in total. The molecule has 1 aromatic rings. The third-order valence-electron chi connectivity index (χ3n) is 3.31. The lowest BCUT2D eigenvalue weighted by Crippen LogP contribution is -2.48. The quantitative estimate of drug-likeness (QED) is 0.805. The van der Waals surface area contributed by atoms with E-state index in [1.807, 2.05) is 45.0 Å². The van der Waals surface area contributed by atoms with E-state index in [0.29, 0.717) is 44.4 Å². The summed E-state index contributed by atoms with van der Waals surface area (Å²) in [4.78, 5) is 13.6. The van der Waals surface area contributed by atoms with Crippen molar-refractivity contribution in [3.8, 4) is 11.5 Å². The molecule has 0 radical (unpaired) electrons. The minimum Gasteiger partial charge on any atom is -0.490 e. The van der Waals surface area contributed by atoms with Gasteiger partial charge in [-0.05, 0) is 32.9 Å². The van der Waals surface area contributed by atoms with E-state index in [4.69, 9.17) is 18.9 Å². The number of hydrogen-bond acceptors (Lipinski definition) is 5. The van der Waals surface area contributed by atoms with E-state index in [9.17, 15) is 4.79 Å². The summed E-state index contributed by atoms with van der Waals surface area (Å²) in [7, 11) is 0. The Bertz CT molecular complexity index is 506. The first-order valence-electron chi connectivity index (χ1n) is 8.02. The largest absolute Gasteiger partial charge is 0.490 e. The summed E-state index contributed by atoms with van der Waals surface area (Å²) >= 11 is 0. The Kier molecular flexibility index (Phi) is 6.52. The summed E-state index contributed by atoms with van der Waals surface area (Å²) < 4.78 is 22.2. The van der Waals surface area contributed by atoms with Gasteiger partial charge in [0.2, 0.25) is 0 Å². The molecule has 0 saturated carbocycles. The molecule has 6 heteroatoms. The van der Waals surface area contributed by atoms with Gasteiger partial charge in [-0.2, -0.15) is 0 Å². The minimum absolute atomic E-state index is 0.127. The van der Waals surface area contributed by atoms with E-state index >= 15 is 0 Å². The summed E-state index contributed by atoms with van der Waals surface area (Å²) in [6, 6.07) is 7.52. The Labute approximate surface area is 137 Å². The van der Waals surface area contributed by atoms with Crippen LogP contribution in [0.3, 0.4) is 0 Å². The van der Waals surface area contributed by atoms with Gasteiger partial charge in [0.1, 0.15) is 12.7 Å². The molecule has 0 aromatic heterocycles. The highest BCUT2D eigenvalue weighted by molar-refractivity contribution is 5.67. The van der Waals surface area contributed by atoms with Crippen LogP contribution in [0.4, 0.5) is 4.79 Å². The fourth-order valence-electron chi connectivity index (χ4n) is 2.29. The van der Waals surface area contributed by atoms with Gasteiger partial charge in [-0.25, -0.2) is 4.79 Å². The number of morpholine rings is 1. The number of rotatable bonds is 6. The van der Waals surface area contributed by atoms with Crippen LogP contribution in [-0.4, -0.2) is 56.1 Å². The molecule has 1 aliphatic rings. The third-order valence-corrected chi connectivity index (χ3v) is 3.31. The first-order chi connectivity index (χ1) is 11.1. The second kappa shape index (κ2) is 8.62. The Morgan fingerprint density at radius 1 is 1.30 bits per heavy atom. The van der Waals surface area contributed by atoms with E-state index in [0.717, 1.165) is 0 Å². The summed E-state index contributed by atoms with van der Waals surface area (Å²) in [6.45, 7) is 8.02. The number of carbonyl (C=O) groups is 1. The van der Waals surface area contributed by atoms with Gasteiger partial charge in [-0.15, -0.1) is 0 Å². The van der Waals surface area contributed by atoms with Gasteiger partial charge in [0, 0.05) is 6.54 Å². The van der Waals surface area contributed by atoms with Gasteiger partial charge >= 0.3 is 6.09 Å². The highest BCUT2D eigenvalue weighted by Gasteiger charge is 2.26. The van der Waals surface area contributed by atoms with Gasteiger partial charge < -0.3 is 23.8 Å². The smallest absolute Gasteiger partial charge is 0.410 e. The van der Waals surface area contributed by atoms with Crippen molar-refractivity contribution >= 4 is 6.09 Å². The first kappa shape index (κ1) is 17.4. The maximum absolute atomic E-state index is 12.0. The Morgan fingerprint density at radius 3 is 2.65 bits per heavy atom. The number of hydrogen-bond donors (Lipinski definition) is 0. The molecule has 1 heterocycles. The number of para-hydroxylation sites is 2. The normalized spacial score (nSPS) is 17.9. The molecule has 1 aliphatic heterocycles. The molecule has 0 bridgehead atoms. The first-order valence-corrected chi connectivity index (χ1v) is 8.02. The van der Waals surface area contributed by atoms with E-state index < -0.39 is 0 Å². The minimum atomic E-state index is -0.303. The van der Waals surface area contributed by atoms with Crippen molar-refractivity contribution < 1.29 is 23.7 Å². The van der Waals surface area contributed by atoms with Crippen molar-refractivity contribution in [3.05, 3.63) is 24.3 Å². The Balaban J connectivity index is 1.87. The molecule has 2 rings (SSSR count). The fraction of sp³-hybridized carbons (Fsp3) is 0.588. The topological polar surface area (TPSA) is 57.2 Å². The average molecular weight is 323 g/mol. The van der Waals surface area contributed by atoms with Crippen molar-refractivity contribution in [2.45, 2.75) is 33.0 Å². The van der Waals surface area contributed by atoms with Crippen molar-refractivity contribution in [1.82, 2.24) is 4.90 Å². The molecule has 0 spiro atoms. The van der Waals surface area contributed by atoms with E-state index in [1.165, 1.54) is 0 Å². The molecule has 1 unspecified atom stereocenters. The summed E-state index contributed by atoms with van der Waals surface area (Å²) in [5.74, 6) is 1.39. The number of nitrogens with zero attached hydrogens (tertiary/aromatic N) is 1. The lowest BCUT2D eigenvalue weighted by molar-refractivity contribution is -0.0482. The second-order valence-electron chi connectivity index (χ2n) is 5.56. The molecule has 1 amide bonds. The summed E-state index contributed by atoms with van der Waals surface area (Å²) in [6.07, 6.45) is -0.612. The average Bonchev–Trinajstić information content (AvgIpc) is 2.54. The van der Waals surface area contributed by atoms with E-state index in [-0.39, 0.29) is 18.3 Å². The van der Waals surface area contributed by atoms with Gasteiger partial charge in [0.05, 0.1) is 25.9 Å². The van der Waals surface area contributed by atoms with Gasteiger partial charge in [0.25, 0.3) is 0 Å². The zero-order valence-corrected chi connectivity index (χ0v) is 14.0. The van der Waals surface area contributed by atoms with Crippen LogP contribution in [0, 0.1) is 0 Å².